The number of esters is 1. The largest absolute Gasteiger partial charge is 0.462 e. The molecule has 3 rings (SSSR count). The Labute approximate surface area is 174 Å². The van der Waals surface area contributed by atoms with E-state index >= 15 is 0 Å². The molecule has 156 valence electrons. The quantitative estimate of drug-likeness (QED) is 0.655. The first kappa shape index (κ1) is 21.4. The van der Waals surface area contributed by atoms with E-state index in [1.54, 1.807) is 13.8 Å². The van der Waals surface area contributed by atoms with E-state index in [0.717, 1.165) is 42.8 Å². The van der Waals surface area contributed by atoms with Gasteiger partial charge in [0.2, 0.25) is 0 Å². The van der Waals surface area contributed by atoms with Gasteiger partial charge in [-0.3, -0.25) is 10.1 Å². The van der Waals surface area contributed by atoms with Gasteiger partial charge in [-0.15, -0.1) is 0 Å². The second-order valence-corrected chi connectivity index (χ2v) is 7.74. The van der Waals surface area contributed by atoms with Gasteiger partial charge in [0.25, 0.3) is 5.91 Å². The monoisotopic (exact) mass is 418 g/mol. The van der Waals surface area contributed by atoms with Gasteiger partial charge in [0.1, 0.15) is 11.0 Å². The molecule has 0 radical (unpaired) electrons. The summed E-state index contributed by atoms with van der Waals surface area (Å²) in [4.78, 5) is 29.7. The first-order chi connectivity index (χ1) is 14.1. The topological polar surface area (TPSA) is 86.8 Å². The summed E-state index contributed by atoms with van der Waals surface area (Å²) in [5.41, 5.74) is 1.28. The molecule has 0 spiro atoms. The fraction of sp³-hybridized carbons (Fsp3) is 0.476. The number of rotatable bonds is 8. The lowest BCUT2D eigenvalue weighted by atomic mass is 10.1. The van der Waals surface area contributed by atoms with Crippen LogP contribution in [0.1, 0.15) is 42.8 Å². The van der Waals surface area contributed by atoms with E-state index in [1.165, 1.54) is 0 Å². The van der Waals surface area contributed by atoms with Crippen LogP contribution >= 0.6 is 11.3 Å². The minimum absolute atomic E-state index is 0.0407. The Bertz CT molecular complexity index is 818. The van der Waals surface area contributed by atoms with E-state index in [0.29, 0.717) is 22.3 Å². The SMILES string of the molecule is CCOC(=O)c1sc(NC(=O)C(C)OCC2CCCCO2)nc1-c1ccccc1. The van der Waals surface area contributed by atoms with Crippen LogP contribution in [0.2, 0.25) is 0 Å². The first-order valence-electron chi connectivity index (χ1n) is 9.86. The van der Waals surface area contributed by atoms with Crippen molar-refractivity contribution in [2.24, 2.45) is 0 Å². The van der Waals surface area contributed by atoms with Crippen molar-refractivity contribution in [1.29, 1.82) is 0 Å². The molecule has 2 unspecified atom stereocenters. The van der Waals surface area contributed by atoms with Gasteiger partial charge in [0, 0.05) is 12.2 Å². The minimum Gasteiger partial charge on any atom is -0.462 e. The Morgan fingerprint density at radius 1 is 1.31 bits per heavy atom. The maximum atomic E-state index is 12.5. The number of anilines is 1. The van der Waals surface area contributed by atoms with Crippen LogP contribution in [0.25, 0.3) is 11.3 Å². The molecule has 1 aliphatic rings. The number of carbonyl (C=O) groups is 2. The van der Waals surface area contributed by atoms with E-state index < -0.39 is 12.1 Å². The summed E-state index contributed by atoms with van der Waals surface area (Å²) in [6.07, 6.45) is 2.52. The Balaban J connectivity index is 1.67. The maximum Gasteiger partial charge on any atom is 0.350 e. The van der Waals surface area contributed by atoms with Crippen LogP contribution in [0.5, 0.6) is 0 Å². The minimum atomic E-state index is -0.657. The number of thiazole rings is 1. The molecule has 0 bridgehead atoms. The smallest absolute Gasteiger partial charge is 0.350 e. The molecule has 2 atom stereocenters. The van der Waals surface area contributed by atoms with Crippen LogP contribution in [0.15, 0.2) is 30.3 Å². The van der Waals surface area contributed by atoms with Crippen molar-refractivity contribution in [3.8, 4) is 11.3 Å². The van der Waals surface area contributed by atoms with Crippen molar-refractivity contribution in [3.63, 3.8) is 0 Å². The standard InChI is InChI=1S/C21H26N2O5S/c1-3-26-20(25)18-17(15-9-5-4-6-10-15)22-21(29-18)23-19(24)14(2)28-13-16-11-7-8-12-27-16/h4-6,9-10,14,16H,3,7-8,11-13H2,1-2H3,(H,22,23,24). The van der Waals surface area contributed by atoms with Gasteiger partial charge < -0.3 is 14.2 Å². The zero-order chi connectivity index (χ0) is 20.6. The van der Waals surface area contributed by atoms with Crippen LogP contribution in [-0.2, 0) is 19.0 Å². The Kier molecular flexibility index (Phi) is 7.74. The fourth-order valence-electron chi connectivity index (χ4n) is 2.97. The number of hydrogen-bond acceptors (Lipinski definition) is 7. The molecule has 1 saturated heterocycles. The number of nitrogens with one attached hydrogen (secondary N) is 1. The predicted octanol–water partition coefficient (Wildman–Crippen LogP) is 3.90. The second kappa shape index (κ2) is 10.5. The Hall–Kier alpha value is -2.29. The van der Waals surface area contributed by atoms with Gasteiger partial charge in [-0.2, -0.15) is 0 Å². The summed E-state index contributed by atoms with van der Waals surface area (Å²) in [6, 6.07) is 9.34. The molecule has 29 heavy (non-hydrogen) atoms. The van der Waals surface area contributed by atoms with E-state index in [9.17, 15) is 9.59 Å². The molecule has 1 aliphatic heterocycles. The molecule has 8 heteroatoms. The molecule has 1 aromatic heterocycles. The number of aromatic nitrogens is 1. The number of ether oxygens (including phenoxy) is 3. The molecule has 1 amide bonds. The normalized spacial score (nSPS) is 17.5. The highest BCUT2D eigenvalue weighted by Crippen LogP contribution is 2.32. The highest BCUT2D eigenvalue weighted by atomic mass is 32.1. The third-order valence-electron chi connectivity index (χ3n) is 4.54. The molecule has 2 aromatic rings. The van der Waals surface area contributed by atoms with Crippen LogP contribution in [0, 0.1) is 0 Å². The molecule has 1 fully saturated rings. The van der Waals surface area contributed by atoms with Crippen molar-refractivity contribution in [2.75, 3.05) is 25.1 Å². The summed E-state index contributed by atoms with van der Waals surface area (Å²) in [7, 11) is 0. The molecule has 0 aliphatic carbocycles. The Morgan fingerprint density at radius 3 is 2.79 bits per heavy atom. The zero-order valence-electron chi connectivity index (χ0n) is 16.7. The van der Waals surface area contributed by atoms with E-state index in [2.05, 4.69) is 10.3 Å². The predicted molar refractivity (Wildman–Crippen MR) is 111 cm³/mol. The summed E-state index contributed by atoms with van der Waals surface area (Å²) in [5, 5.41) is 3.09. The third-order valence-corrected chi connectivity index (χ3v) is 5.49. The average molecular weight is 419 g/mol. The summed E-state index contributed by atoms with van der Waals surface area (Å²) in [6.45, 7) is 4.83. The molecule has 2 heterocycles. The molecular formula is C21H26N2O5S. The molecule has 7 nitrogen and oxygen atoms in total. The van der Waals surface area contributed by atoms with Crippen molar-refractivity contribution in [2.45, 2.75) is 45.3 Å². The van der Waals surface area contributed by atoms with Gasteiger partial charge in [-0.05, 0) is 33.1 Å². The van der Waals surface area contributed by atoms with Gasteiger partial charge in [0.15, 0.2) is 5.13 Å². The van der Waals surface area contributed by atoms with E-state index in [1.807, 2.05) is 30.3 Å². The van der Waals surface area contributed by atoms with E-state index in [4.69, 9.17) is 14.2 Å². The summed E-state index contributed by atoms with van der Waals surface area (Å²) in [5.74, 6) is -0.771. The van der Waals surface area contributed by atoms with Crippen molar-refractivity contribution in [1.82, 2.24) is 4.98 Å². The van der Waals surface area contributed by atoms with Crippen LogP contribution < -0.4 is 5.32 Å². The van der Waals surface area contributed by atoms with Gasteiger partial charge in [0.05, 0.1) is 25.0 Å². The van der Waals surface area contributed by atoms with E-state index in [-0.39, 0.29) is 18.6 Å². The van der Waals surface area contributed by atoms with Gasteiger partial charge >= 0.3 is 5.97 Å². The maximum absolute atomic E-state index is 12.5. The van der Waals surface area contributed by atoms with Gasteiger partial charge in [-0.1, -0.05) is 41.7 Å². The fourth-order valence-corrected chi connectivity index (χ4v) is 3.86. The highest BCUT2D eigenvalue weighted by Gasteiger charge is 2.24. The van der Waals surface area contributed by atoms with Crippen molar-refractivity contribution < 1.29 is 23.8 Å². The second-order valence-electron chi connectivity index (χ2n) is 6.74. The van der Waals surface area contributed by atoms with Gasteiger partial charge in [-0.25, -0.2) is 9.78 Å². The van der Waals surface area contributed by atoms with Crippen LogP contribution in [0.3, 0.4) is 0 Å². The highest BCUT2D eigenvalue weighted by molar-refractivity contribution is 7.18. The Morgan fingerprint density at radius 2 is 2.10 bits per heavy atom. The molecule has 0 saturated carbocycles. The first-order valence-corrected chi connectivity index (χ1v) is 10.7. The summed E-state index contributed by atoms with van der Waals surface area (Å²) >= 11 is 1.10. The number of nitrogens with zero attached hydrogens (tertiary/aromatic N) is 1. The number of carbonyl (C=O) groups excluding carboxylic acids is 2. The summed E-state index contributed by atoms with van der Waals surface area (Å²) < 4.78 is 16.4. The number of amides is 1. The number of benzene rings is 1. The molecule has 1 aromatic carbocycles. The van der Waals surface area contributed by atoms with Crippen molar-refractivity contribution >= 4 is 28.3 Å². The van der Waals surface area contributed by atoms with Crippen LogP contribution in [0.4, 0.5) is 5.13 Å². The lowest BCUT2D eigenvalue weighted by Gasteiger charge is -2.23. The third kappa shape index (κ3) is 5.85. The molecular weight excluding hydrogens is 392 g/mol. The van der Waals surface area contributed by atoms with Crippen LogP contribution in [-0.4, -0.2) is 48.9 Å². The molecule has 1 N–H and O–H groups in total. The lowest BCUT2D eigenvalue weighted by Crippen LogP contribution is -2.32. The lowest BCUT2D eigenvalue weighted by molar-refractivity contribution is -0.130. The zero-order valence-corrected chi connectivity index (χ0v) is 17.5. The number of hydrogen-bond donors (Lipinski definition) is 1. The average Bonchev–Trinajstić information content (AvgIpc) is 3.17. The van der Waals surface area contributed by atoms with Crippen molar-refractivity contribution in [3.05, 3.63) is 35.2 Å².